The van der Waals surface area contributed by atoms with Crippen LogP contribution in [0.2, 0.25) is 0 Å². The van der Waals surface area contributed by atoms with E-state index in [-0.39, 0.29) is 11.8 Å². The molecule has 0 saturated heterocycles. The highest BCUT2D eigenvalue weighted by molar-refractivity contribution is 7.09. The second-order valence-electron chi connectivity index (χ2n) is 4.28. The molecule has 0 spiro atoms. The number of nitrogens with two attached hydrogens (primary N) is 1. The summed E-state index contributed by atoms with van der Waals surface area (Å²) in [6, 6.07) is 3.80. The molecule has 0 amide bonds. The summed E-state index contributed by atoms with van der Waals surface area (Å²) in [4.78, 5) is 12.9. The number of hydrogen-bond acceptors (Lipinski definition) is 3. The first-order valence-electron chi connectivity index (χ1n) is 5.40. The summed E-state index contributed by atoms with van der Waals surface area (Å²) in [5.41, 5.74) is 5.81. The fourth-order valence-electron chi connectivity index (χ4n) is 1.53. The normalized spacial score (nSPS) is 13.1. The lowest BCUT2D eigenvalue weighted by Gasteiger charge is -2.12. The Morgan fingerprint density at radius 3 is 2.80 bits per heavy atom. The molecule has 3 heteroatoms. The molecule has 1 unspecified atom stereocenters. The molecule has 15 heavy (non-hydrogen) atoms. The molecule has 2 nitrogen and oxygen atoms in total. The van der Waals surface area contributed by atoms with E-state index in [0.29, 0.717) is 12.3 Å². The molecule has 1 rings (SSSR count). The summed E-state index contributed by atoms with van der Waals surface area (Å²) < 4.78 is 0. The van der Waals surface area contributed by atoms with Crippen molar-refractivity contribution in [2.45, 2.75) is 39.2 Å². The molecular weight excluding hydrogens is 206 g/mol. The van der Waals surface area contributed by atoms with Crippen LogP contribution in [0.3, 0.4) is 0 Å². The van der Waals surface area contributed by atoms with Crippen LogP contribution in [-0.4, -0.2) is 11.8 Å². The highest BCUT2D eigenvalue weighted by Crippen LogP contribution is 2.12. The van der Waals surface area contributed by atoms with Crippen molar-refractivity contribution in [2.75, 3.05) is 0 Å². The molecule has 0 bridgehead atoms. The highest BCUT2D eigenvalue weighted by atomic mass is 32.1. The second-order valence-corrected chi connectivity index (χ2v) is 5.31. The third-order valence-corrected chi connectivity index (χ3v) is 3.27. The fraction of sp³-hybridized carbons (Fsp3) is 0.583. The van der Waals surface area contributed by atoms with Crippen LogP contribution in [-0.2, 0) is 11.2 Å². The van der Waals surface area contributed by atoms with Crippen LogP contribution < -0.4 is 5.73 Å². The van der Waals surface area contributed by atoms with E-state index in [2.05, 4.69) is 19.9 Å². The average molecular weight is 225 g/mol. The maximum Gasteiger partial charge on any atom is 0.149 e. The standard InChI is InChI=1S/C12H19NOS/c1-9(2)8-11(13)12(14)6-5-10-4-3-7-15-10/h3-4,7,9,11H,5-6,8,13H2,1-2H3. The number of thiophene rings is 1. The minimum Gasteiger partial charge on any atom is -0.322 e. The van der Waals surface area contributed by atoms with Gasteiger partial charge in [-0.1, -0.05) is 19.9 Å². The number of ketones is 1. The quantitative estimate of drug-likeness (QED) is 0.808. The van der Waals surface area contributed by atoms with Crippen molar-refractivity contribution in [1.82, 2.24) is 0 Å². The monoisotopic (exact) mass is 225 g/mol. The van der Waals surface area contributed by atoms with Gasteiger partial charge in [0.2, 0.25) is 0 Å². The lowest BCUT2D eigenvalue weighted by atomic mass is 9.98. The number of hydrogen-bond donors (Lipinski definition) is 1. The Kier molecular flexibility index (Phi) is 4.99. The molecule has 0 aromatic carbocycles. The average Bonchev–Trinajstić information content (AvgIpc) is 2.65. The minimum absolute atomic E-state index is 0.192. The van der Waals surface area contributed by atoms with Crippen molar-refractivity contribution >= 4 is 17.1 Å². The molecule has 84 valence electrons. The topological polar surface area (TPSA) is 43.1 Å². The summed E-state index contributed by atoms with van der Waals surface area (Å²) in [5, 5.41) is 2.04. The largest absolute Gasteiger partial charge is 0.322 e. The molecule has 0 aliphatic rings. The first-order valence-corrected chi connectivity index (χ1v) is 6.28. The van der Waals surface area contributed by atoms with Gasteiger partial charge >= 0.3 is 0 Å². The Hall–Kier alpha value is -0.670. The Bertz CT molecular complexity index is 293. The summed E-state index contributed by atoms with van der Waals surface area (Å²) in [6.45, 7) is 4.18. The zero-order valence-corrected chi connectivity index (χ0v) is 10.2. The molecule has 1 aromatic heterocycles. The van der Waals surface area contributed by atoms with Gasteiger partial charge in [-0.15, -0.1) is 11.3 Å². The molecule has 0 aliphatic heterocycles. The summed E-state index contributed by atoms with van der Waals surface area (Å²) in [7, 11) is 0. The van der Waals surface area contributed by atoms with Gasteiger partial charge in [0.1, 0.15) is 5.78 Å². The van der Waals surface area contributed by atoms with Gasteiger partial charge in [-0.3, -0.25) is 4.79 Å². The predicted octanol–water partition coefficient (Wildman–Crippen LogP) is 2.62. The van der Waals surface area contributed by atoms with Crippen molar-refractivity contribution < 1.29 is 4.79 Å². The first-order chi connectivity index (χ1) is 7.09. The van der Waals surface area contributed by atoms with Crippen molar-refractivity contribution in [2.24, 2.45) is 11.7 Å². The van der Waals surface area contributed by atoms with Gasteiger partial charge < -0.3 is 5.73 Å². The number of Topliss-reactive ketones (excluding diaryl/α,β-unsaturated/α-hetero) is 1. The van der Waals surface area contributed by atoms with Gasteiger partial charge in [0.05, 0.1) is 6.04 Å². The SMILES string of the molecule is CC(C)CC(N)C(=O)CCc1cccs1. The van der Waals surface area contributed by atoms with Crippen LogP contribution in [0.4, 0.5) is 0 Å². The van der Waals surface area contributed by atoms with E-state index < -0.39 is 0 Å². The zero-order chi connectivity index (χ0) is 11.3. The van der Waals surface area contributed by atoms with E-state index in [1.54, 1.807) is 11.3 Å². The highest BCUT2D eigenvalue weighted by Gasteiger charge is 2.14. The van der Waals surface area contributed by atoms with E-state index in [1.807, 2.05) is 11.4 Å². The van der Waals surface area contributed by atoms with E-state index in [4.69, 9.17) is 5.73 Å². The van der Waals surface area contributed by atoms with Crippen LogP contribution in [0, 0.1) is 5.92 Å². The maximum absolute atomic E-state index is 11.7. The fourth-order valence-corrected chi connectivity index (χ4v) is 2.23. The molecular formula is C12H19NOS. The summed E-state index contributed by atoms with van der Waals surface area (Å²) in [5.74, 6) is 0.683. The van der Waals surface area contributed by atoms with Gasteiger partial charge in [-0.05, 0) is 30.2 Å². The van der Waals surface area contributed by atoms with E-state index in [9.17, 15) is 4.79 Å². The second kappa shape index (κ2) is 6.03. The van der Waals surface area contributed by atoms with E-state index in [0.717, 1.165) is 12.8 Å². The third-order valence-electron chi connectivity index (χ3n) is 2.34. The van der Waals surface area contributed by atoms with Crippen molar-refractivity contribution in [3.63, 3.8) is 0 Å². The Labute approximate surface area is 95.5 Å². The molecule has 1 aromatic rings. The van der Waals surface area contributed by atoms with E-state index >= 15 is 0 Å². The predicted molar refractivity (Wildman–Crippen MR) is 65.1 cm³/mol. The number of rotatable bonds is 6. The van der Waals surface area contributed by atoms with Gasteiger partial charge in [-0.25, -0.2) is 0 Å². The van der Waals surface area contributed by atoms with Crippen molar-refractivity contribution in [3.05, 3.63) is 22.4 Å². The van der Waals surface area contributed by atoms with Crippen LogP contribution in [0.5, 0.6) is 0 Å². The maximum atomic E-state index is 11.7. The van der Waals surface area contributed by atoms with Crippen LogP contribution in [0.15, 0.2) is 17.5 Å². The first kappa shape index (κ1) is 12.4. The van der Waals surface area contributed by atoms with Crippen LogP contribution in [0.25, 0.3) is 0 Å². The summed E-state index contributed by atoms with van der Waals surface area (Å²) >= 11 is 1.70. The smallest absolute Gasteiger partial charge is 0.149 e. The molecule has 1 atom stereocenters. The lowest BCUT2D eigenvalue weighted by Crippen LogP contribution is -2.32. The third kappa shape index (κ3) is 4.58. The lowest BCUT2D eigenvalue weighted by molar-refractivity contribution is -0.120. The number of carbonyl (C=O) groups is 1. The van der Waals surface area contributed by atoms with Crippen LogP contribution >= 0.6 is 11.3 Å². The molecule has 1 heterocycles. The number of carbonyl (C=O) groups excluding carboxylic acids is 1. The Morgan fingerprint density at radius 1 is 1.53 bits per heavy atom. The molecule has 0 radical (unpaired) electrons. The van der Waals surface area contributed by atoms with E-state index in [1.165, 1.54) is 4.88 Å². The van der Waals surface area contributed by atoms with Crippen molar-refractivity contribution in [3.8, 4) is 0 Å². The summed E-state index contributed by atoms with van der Waals surface area (Å²) in [6.07, 6.45) is 2.21. The van der Waals surface area contributed by atoms with Crippen molar-refractivity contribution in [1.29, 1.82) is 0 Å². The molecule has 0 saturated carbocycles. The Morgan fingerprint density at radius 2 is 2.27 bits per heavy atom. The minimum atomic E-state index is -0.273. The molecule has 0 aliphatic carbocycles. The Balaban J connectivity index is 2.29. The van der Waals surface area contributed by atoms with Crippen LogP contribution in [0.1, 0.15) is 31.6 Å². The molecule has 0 fully saturated rings. The van der Waals surface area contributed by atoms with Gasteiger partial charge in [0.25, 0.3) is 0 Å². The van der Waals surface area contributed by atoms with Gasteiger partial charge in [-0.2, -0.15) is 0 Å². The van der Waals surface area contributed by atoms with Gasteiger partial charge in [0.15, 0.2) is 0 Å². The van der Waals surface area contributed by atoms with Gasteiger partial charge in [0, 0.05) is 11.3 Å². The zero-order valence-electron chi connectivity index (χ0n) is 9.40. The molecule has 2 N–H and O–H groups in total. The number of aryl methyl sites for hydroxylation is 1.